The van der Waals surface area contributed by atoms with Gasteiger partial charge in [-0.15, -0.1) is 0 Å². The number of carbonyl (C=O) groups is 3. The molecule has 0 saturated heterocycles. The van der Waals surface area contributed by atoms with Crippen LogP contribution >= 0.6 is 0 Å². The average molecular weight is 936 g/mol. The predicted octanol–water partition coefficient (Wildman–Crippen LogP) is 6.01. The number of rotatable bonds is 48. The molecule has 0 heterocycles. The Kier molecular flexibility index (Phi) is 89.2. The van der Waals surface area contributed by atoms with E-state index >= 15 is 0 Å². The summed E-state index contributed by atoms with van der Waals surface area (Å²) in [7, 11) is 0. The van der Waals surface area contributed by atoms with Crippen LogP contribution in [0.3, 0.4) is 0 Å². The maximum atomic E-state index is 10.2. The SMILES string of the molecule is CCCCCCCCCCCCCCCCCC(=O)[O-].CCCCCCCCCCCCCCCCCC(=O)[O-].CCCCCCCCCCCCCCCCCC(=O)[O-].[K+].[K+].[Li+]. The van der Waals surface area contributed by atoms with Crippen LogP contribution in [0, 0.1) is 0 Å². The second-order valence-electron chi connectivity index (χ2n) is 18.2. The molecule has 0 bridgehead atoms. The quantitative estimate of drug-likeness (QED) is 0.0546. The number of carbonyl (C=O) groups excluding carboxylic acids is 3. The number of unbranched alkanes of at least 4 members (excludes halogenated alkanes) is 42. The molecule has 63 heavy (non-hydrogen) atoms. The van der Waals surface area contributed by atoms with Gasteiger partial charge in [0.25, 0.3) is 0 Å². The maximum Gasteiger partial charge on any atom is 1.00 e. The molecular formula is C54H105K2LiO6. The number of aliphatic carboxylic acids is 3. The van der Waals surface area contributed by atoms with E-state index in [2.05, 4.69) is 20.8 Å². The first kappa shape index (κ1) is 76.8. The zero-order chi connectivity index (χ0) is 44.7. The molecule has 0 aliphatic rings. The third kappa shape index (κ3) is 87.8. The summed E-state index contributed by atoms with van der Waals surface area (Å²) in [5.41, 5.74) is 0. The molecular weight excluding hydrogens is 830 g/mol. The van der Waals surface area contributed by atoms with Gasteiger partial charge >= 0.3 is 122 Å². The summed E-state index contributed by atoms with van der Waals surface area (Å²) in [6.07, 6.45) is 59.6. The Hall–Kier alpha value is 2.28. The number of carboxylic acid groups (broad SMARTS) is 3. The van der Waals surface area contributed by atoms with Crippen molar-refractivity contribution in [3.63, 3.8) is 0 Å². The van der Waals surface area contributed by atoms with Gasteiger partial charge in [0.05, 0.1) is 0 Å². The van der Waals surface area contributed by atoms with E-state index in [0.29, 0.717) is 0 Å². The molecule has 0 rings (SSSR count). The second kappa shape index (κ2) is 73.2. The van der Waals surface area contributed by atoms with Crippen LogP contribution < -0.4 is 137 Å². The maximum absolute atomic E-state index is 10.2. The number of hydrogen-bond acceptors (Lipinski definition) is 6. The van der Waals surface area contributed by atoms with Crippen LogP contribution in [0.4, 0.5) is 0 Å². The largest absolute Gasteiger partial charge is 1.00 e. The van der Waals surface area contributed by atoms with Gasteiger partial charge in [-0.1, -0.05) is 290 Å². The Bertz CT molecular complexity index is 730. The van der Waals surface area contributed by atoms with Crippen LogP contribution in [0.15, 0.2) is 0 Å². The summed E-state index contributed by atoms with van der Waals surface area (Å²) < 4.78 is 0. The van der Waals surface area contributed by atoms with Gasteiger partial charge < -0.3 is 29.7 Å². The van der Waals surface area contributed by atoms with Crippen LogP contribution in [-0.2, 0) is 14.4 Å². The molecule has 0 aromatic heterocycles. The zero-order valence-corrected chi connectivity index (χ0v) is 50.1. The van der Waals surface area contributed by atoms with Crippen molar-refractivity contribution in [2.45, 2.75) is 329 Å². The normalized spacial score (nSPS) is 10.3. The topological polar surface area (TPSA) is 120 Å². The molecule has 0 spiro atoms. The molecule has 360 valence electrons. The monoisotopic (exact) mass is 935 g/mol. The Morgan fingerprint density at radius 3 is 0.413 bits per heavy atom. The molecule has 0 atom stereocenters. The molecule has 0 aromatic rings. The van der Waals surface area contributed by atoms with E-state index in [1.807, 2.05) is 0 Å². The molecule has 0 amide bonds. The Labute approximate surface area is 491 Å². The van der Waals surface area contributed by atoms with Gasteiger partial charge in [0, 0.05) is 17.9 Å². The second-order valence-corrected chi connectivity index (χ2v) is 18.2. The summed E-state index contributed by atoms with van der Waals surface area (Å²) in [5.74, 6) is -2.71. The average Bonchev–Trinajstić information content (AvgIpc) is 3.22. The molecule has 0 aliphatic carbocycles. The van der Waals surface area contributed by atoms with Gasteiger partial charge in [-0.3, -0.25) is 0 Å². The molecule has 0 fully saturated rings. The third-order valence-electron chi connectivity index (χ3n) is 12.0. The van der Waals surface area contributed by atoms with Crippen LogP contribution in [0.2, 0.25) is 0 Å². The van der Waals surface area contributed by atoms with E-state index < -0.39 is 17.9 Å². The van der Waals surface area contributed by atoms with E-state index in [-0.39, 0.29) is 141 Å². The van der Waals surface area contributed by atoms with Crippen LogP contribution in [0.1, 0.15) is 329 Å². The fourth-order valence-corrected chi connectivity index (χ4v) is 7.92. The van der Waals surface area contributed by atoms with Crippen molar-refractivity contribution in [2.24, 2.45) is 0 Å². The van der Waals surface area contributed by atoms with Gasteiger partial charge in [0.2, 0.25) is 0 Å². The first-order valence-electron chi connectivity index (χ1n) is 26.9. The van der Waals surface area contributed by atoms with Crippen molar-refractivity contribution < 1.29 is 151 Å². The summed E-state index contributed by atoms with van der Waals surface area (Å²) in [6, 6.07) is 0. The van der Waals surface area contributed by atoms with Crippen molar-refractivity contribution in [3.05, 3.63) is 0 Å². The predicted molar refractivity (Wildman–Crippen MR) is 254 cm³/mol. The van der Waals surface area contributed by atoms with Crippen molar-refractivity contribution in [2.75, 3.05) is 0 Å². The van der Waals surface area contributed by atoms with Crippen LogP contribution in [-0.4, -0.2) is 17.9 Å². The van der Waals surface area contributed by atoms with E-state index in [1.165, 1.54) is 250 Å². The molecule has 0 N–H and O–H groups in total. The van der Waals surface area contributed by atoms with E-state index in [9.17, 15) is 29.7 Å². The molecule has 0 aliphatic heterocycles. The summed E-state index contributed by atoms with van der Waals surface area (Å²) in [4.78, 5) is 30.7. The fraction of sp³-hybridized carbons (Fsp3) is 0.944. The van der Waals surface area contributed by atoms with Crippen LogP contribution in [0.25, 0.3) is 0 Å². The summed E-state index contributed by atoms with van der Waals surface area (Å²) >= 11 is 0. The molecule has 9 heteroatoms. The minimum atomic E-state index is -0.903. The minimum absolute atomic E-state index is 0. The third-order valence-corrected chi connectivity index (χ3v) is 12.0. The molecule has 0 saturated carbocycles. The number of hydrogen-bond donors (Lipinski definition) is 0. The standard InChI is InChI=1S/3C18H36O2.2K.Li/c3*1-2-3-4-5-6-7-8-9-10-11-12-13-14-15-16-17-18(19)20;;;/h3*2-17H2,1H3,(H,19,20);;;/q;;;3*+1/p-3. The van der Waals surface area contributed by atoms with Crippen molar-refractivity contribution >= 4 is 17.9 Å². The molecule has 6 nitrogen and oxygen atoms in total. The minimum Gasteiger partial charge on any atom is -0.550 e. The van der Waals surface area contributed by atoms with Gasteiger partial charge in [0.1, 0.15) is 0 Å². The van der Waals surface area contributed by atoms with Crippen molar-refractivity contribution in [1.82, 2.24) is 0 Å². The molecule has 0 radical (unpaired) electrons. The van der Waals surface area contributed by atoms with Gasteiger partial charge in [-0.05, 0) is 38.5 Å². The van der Waals surface area contributed by atoms with Crippen molar-refractivity contribution in [1.29, 1.82) is 0 Å². The fourth-order valence-electron chi connectivity index (χ4n) is 7.92. The first-order valence-corrected chi connectivity index (χ1v) is 26.9. The van der Waals surface area contributed by atoms with Gasteiger partial charge in [-0.25, -0.2) is 0 Å². The van der Waals surface area contributed by atoms with Gasteiger partial charge in [-0.2, -0.15) is 0 Å². The number of carboxylic acids is 3. The van der Waals surface area contributed by atoms with E-state index in [4.69, 9.17) is 0 Å². The summed E-state index contributed by atoms with van der Waals surface area (Å²) in [6.45, 7) is 6.80. The van der Waals surface area contributed by atoms with E-state index in [0.717, 1.165) is 38.5 Å². The van der Waals surface area contributed by atoms with Crippen LogP contribution in [0.5, 0.6) is 0 Å². The van der Waals surface area contributed by atoms with Crippen molar-refractivity contribution in [3.8, 4) is 0 Å². The zero-order valence-electron chi connectivity index (χ0n) is 43.9. The molecule has 0 aromatic carbocycles. The summed E-state index contributed by atoms with van der Waals surface area (Å²) in [5, 5.41) is 30.7. The first-order chi connectivity index (χ1) is 29.3. The Morgan fingerprint density at radius 1 is 0.222 bits per heavy atom. The Morgan fingerprint density at radius 2 is 0.317 bits per heavy atom. The van der Waals surface area contributed by atoms with E-state index in [1.54, 1.807) is 0 Å². The molecule has 0 unspecified atom stereocenters. The Balaban J connectivity index is -0.000000189. The smallest absolute Gasteiger partial charge is 0.550 e. The van der Waals surface area contributed by atoms with Gasteiger partial charge in [0.15, 0.2) is 0 Å².